The van der Waals surface area contributed by atoms with Crippen molar-refractivity contribution in [1.82, 2.24) is 9.97 Å². The topological polar surface area (TPSA) is 52.1 Å². The van der Waals surface area contributed by atoms with Crippen molar-refractivity contribution >= 4 is 10.9 Å². The number of aromatic nitrogens is 2. The maximum absolute atomic E-state index is 4.61. The van der Waals surface area contributed by atoms with Crippen LogP contribution in [0.2, 0.25) is 0 Å². The monoisotopic (exact) mass is 162 g/mol. The highest BCUT2D eigenvalue weighted by Gasteiger charge is 1.87. The third-order valence-electron chi connectivity index (χ3n) is 1.41. The molecule has 4 heteroatoms. The Labute approximate surface area is 68.1 Å². The van der Waals surface area contributed by atoms with Crippen molar-refractivity contribution in [1.29, 1.82) is 0 Å². The Morgan fingerprint density at radius 3 is 2.83 bits per heavy atom. The van der Waals surface area contributed by atoms with Gasteiger partial charge in [-0.1, -0.05) is 0 Å². The maximum Gasteiger partial charge on any atom is 0.145 e. The third-order valence-corrected chi connectivity index (χ3v) is 1.41. The molecule has 2 aromatic heterocycles. The molecule has 0 unspecified atom stereocenters. The van der Waals surface area contributed by atoms with Gasteiger partial charge in [0.2, 0.25) is 0 Å². The van der Waals surface area contributed by atoms with Gasteiger partial charge in [-0.05, 0) is 6.07 Å². The first kappa shape index (κ1) is 6.84. The highest BCUT2D eigenvalue weighted by atomic mass is 17.0. The second-order valence-corrected chi connectivity index (χ2v) is 2.16. The zero-order chi connectivity index (χ0) is 8.23. The van der Waals surface area contributed by atoms with Gasteiger partial charge >= 0.3 is 0 Å². The van der Waals surface area contributed by atoms with Crippen LogP contribution in [0, 0.1) is 0 Å². The second kappa shape index (κ2) is 3.04. The molecule has 0 aliphatic rings. The van der Waals surface area contributed by atoms with Crippen molar-refractivity contribution < 1.29 is 9.15 Å². The summed E-state index contributed by atoms with van der Waals surface area (Å²) in [7, 11) is 0. The maximum atomic E-state index is 4.61. The van der Waals surface area contributed by atoms with Gasteiger partial charge in [-0.3, -0.25) is 9.15 Å². The standard InChI is InChI=1S/C8H6N2O2/c1-3-11-12-4-2-8-7(1)5-9-6-10-8/h1-6H. The Hall–Kier alpha value is -1.84. The van der Waals surface area contributed by atoms with Gasteiger partial charge in [0.1, 0.15) is 18.9 Å². The molecule has 4 nitrogen and oxygen atoms in total. The van der Waals surface area contributed by atoms with E-state index in [0.29, 0.717) is 0 Å². The van der Waals surface area contributed by atoms with Crippen LogP contribution in [0.3, 0.4) is 0 Å². The lowest BCUT2D eigenvalue weighted by atomic mass is 10.3. The Morgan fingerprint density at radius 2 is 1.92 bits per heavy atom. The van der Waals surface area contributed by atoms with E-state index in [4.69, 9.17) is 0 Å². The Kier molecular flexibility index (Phi) is 1.74. The third kappa shape index (κ3) is 1.27. The SMILES string of the molecule is c1ncc2ccooccc2n1. The smallest absolute Gasteiger partial charge is 0.145 e. The van der Waals surface area contributed by atoms with Gasteiger partial charge in [-0.2, -0.15) is 0 Å². The van der Waals surface area contributed by atoms with Crippen LogP contribution in [0.15, 0.2) is 46.3 Å². The lowest BCUT2D eigenvalue weighted by molar-refractivity contribution is 0.0480. The zero-order valence-electron chi connectivity index (χ0n) is 6.18. The summed E-state index contributed by atoms with van der Waals surface area (Å²) in [5.41, 5.74) is 0.810. The van der Waals surface area contributed by atoms with E-state index in [1.54, 1.807) is 18.3 Å². The Morgan fingerprint density at radius 1 is 1.08 bits per heavy atom. The first-order valence-corrected chi connectivity index (χ1v) is 3.42. The average Bonchev–Trinajstić information content (AvgIpc) is 2.06. The van der Waals surface area contributed by atoms with E-state index in [-0.39, 0.29) is 0 Å². The van der Waals surface area contributed by atoms with Crippen LogP contribution in [0.4, 0.5) is 0 Å². The van der Waals surface area contributed by atoms with Gasteiger partial charge in [-0.25, -0.2) is 9.97 Å². The summed E-state index contributed by atoms with van der Waals surface area (Å²) in [4.78, 5) is 7.91. The number of nitrogens with zero attached hydrogens (tertiary/aromatic N) is 2. The van der Waals surface area contributed by atoms with E-state index in [9.17, 15) is 0 Å². The van der Waals surface area contributed by atoms with E-state index in [0.717, 1.165) is 10.9 Å². The first-order valence-electron chi connectivity index (χ1n) is 3.42. The van der Waals surface area contributed by atoms with Crippen molar-refractivity contribution in [2.45, 2.75) is 0 Å². The van der Waals surface area contributed by atoms with Crippen LogP contribution >= 0.6 is 0 Å². The summed E-state index contributed by atoms with van der Waals surface area (Å²) in [5, 5.41) is 0.900. The molecule has 2 rings (SSSR count). The second-order valence-electron chi connectivity index (χ2n) is 2.16. The molecule has 0 amide bonds. The van der Waals surface area contributed by atoms with Crippen LogP contribution in [-0.2, 0) is 0 Å². The molecule has 12 heavy (non-hydrogen) atoms. The summed E-state index contributed by atoms with van der Waals surface area (Å²) in [6.07, 6.45) is 6.05. The van der Waals surface area contributed by atoms with Gasteiger partial charge in [0.05, 0.1) is 5.52 Å². The molecule has 0 bridgehead atoms. The average molecular weight is 162 g/mol. The fraction of sp³-hybridized carbons (Fsp3) is 0. The Balaban J connectivity index is 2.83. The molecule has 2 aromatic rings. The minimum Gasteiger partial charge on any atom is -0.299 e. The number of rotatable bonds is 0. The summed E-state index contributed by atoms with van der Waals surface area (Å²) in [6, 6.07) is 3.44. The molecule has 0 fully saturated rings. The highest BCUT2D eigenvalue weighted by Crippen LogP contribution is 2.04. The fourth-order valence-corrected chi connectivity index (χ4v) is 0.875. The number of hydrogen-bond donors (Lipinski definition) is 0. The van der Waals surface area contributed by atoms with E-state index >= 15 is 0 Å². The number of fused-ring (bicyclic) bond motifs is 1. The molecule has 60 valence electrons. The highest BCUT2D eigenvalue weighted by molar-refractivity contribution is 5.75. The summed E-state index contributed by atoms with van der Waals surface area (Å²) >= 11 is 0. The summed E-state index contributed by atoms with van der Waals surface area (Å²) < 4.78 is 9.21. The van der Waals surface area contributed by atoms with Crippen molar-refractivity contribution in [3.8, 4) is 0 Å². The van der Waals surface area contributed by atoms with E-state index in [2.05, 4.69) is 19.1 Å². The van der Waals surface area contributed by atoms with Gasteiger partial charge in [0, 0.05) is 17.6 Å². The lowest BCUT2D eigenvalue weighted by Gasteiger charge is -1.88. The van der Waals surface area contributed by atoms with Gasteiger partial charge in [0.15, 0.2) is 0 Å². The molecule has 2 heterocycles. The predicted octanol–water partition coefficient (Wildman–Crippen LogP) is 1.94. The van der Waals surface area contributed by atoms with Crippen LogP contribution in [0.5, 0.6) is 0 Å². The van der Waals surface area contributed by atoms with Gasteiger partial charge in [0.25, 0.3) is 0 Å². The van der Waals surface area contributed by atoms with E-state index < -0.39 is 0 Å². The van der Waals surface area contributed by atoms with Gasteiger partial charge < -0.3 is 0 Å². The van der Waals surface area contributed by atoms with Crippen LogP contribution in [-0.4, -0.2) is 9.97 Å². The molecular weight excluding hydrogens is 156 g/mol. The van der Waals surface area contributed by atoms with Crippen molar-refractivity contribution in [3.63, 3.8) is 0 Å². The molecule has 0 N–H and O–H groups in total. The quantitative estimate of drug-likeness (QED) is 0.555. The summed E-state index contributed by atoms with van der Waals surface area (Å²) in [6.45, 7) is 0. The molecule has 0 aliphatic carbocycles. The van der Waals surface area contributed by atoms with Crippen LogP contribution < -0.4 is 0 Å². The first-order chi connectivity index (χ1) is 5.97. The molecule has 0 aliphatic heterocycles. The van der Waals surface area contributed by atoms with Crippen molar-refractivity contribution in [2.75, 3.05) is 0 Å². The summed E-state index contributed by atoms with van der Waals surface area (Å²) in [5.74, 6) is 0. The fourth-order valence-electron chi connectivity index (χ4n) is 0.875. The van der Waals surface area contributed by atoms with Crippen LogP contribution in [0.25, 0.3) is 10.9 Å². The molecule has 0 spiro atoms. The Bertz CT molecular complexity index is 377. The molecule has 0 atom stereocenters. The molecular formula is C8H6N2O2. The van der Waals surface area contributed by atoms with E-state index in [1.807, 2.05) is 0 Å². The molecule has 0 saturated carbocycles. The zero-order valence-corrected chi connectivity index (χ0v) is 6.18. The van der Waals surface area contributed by atoms with Crippen molar-refractivity contribution in [2.24, 2.45) is 0 Å². The molecule has 0 radical (unpaired) electrons. The predicted molar refractivity (Wildman–Crippen MR) is 41.7 cm³/mol. The minimum absolute atomic E-state index is 0.810. The number of hydrogen-bond acceptors (Lipinski definition) is 4. The van der Waals surface area contributed by atoms with Gasteiger partial charge in [-0.15, -0.1) is 0 Å². The van der Waals surface area contributed by atoms with Crippen LogP contribution in [0.1, 0.15) is 0 Å². The molecule has 0 aromatic carbocycles. The largest absolute Gasteiger partial charge is 0.299 e. The lowest BCUT2D eigenvalue weighted by Crippen LogP contribution is -1.76. The van der Waals surface area contributed by atoms with Crippen molar-refractivity contribution in [3.05, 3.63) is 37.2 Å². The normalized spacial score (nSPS) is 9.67. The van der Waals surface area contributed by atoms with E-state index in [1.165, 1.54) is 18.9 Å². The molecule has 0 saturated heterocycles. The minimum atomic E-state index is 0.810.